The number of benzene rings is 2. The number of hydrogen-bond donors (Lipinski definition) is 1. The molecule has 0 fully saturated rings. The highest BCUT2D eigenvalue weighted by molar-refractivity contribution is 7.92. The molecule has 176 valence electrons. The van der Waals surface area contributed by atoms with Crippen molar-refractivity contribution in [2.75, 3.05) is 37.4 Å². The van der Waals surface area contributed by atoms with Crippen molar-refractivity contribution in [2.24, 2.45) is 0 Å². The third-order valence-electron chi connectivity index (χ3n) is 4.94. The SMILES string of the molecule is CCCCc1ccc(N(CCCC(=O)NCCOc2cccc(OC)c2)S(C)(=O)=O)cc1. The first-order valence-electron chi connectivity index (χ1n) is 10.9. The van der Waals surface area contributed by atoms with Crippen LogP contribution in [0.2, 0.25) is 0 Å². The molecule has 0 atom stereocenters. The maximum absolute atomic E-state index is 12.3. The minimum atomic E-state index is -3.43. The summed E-state index contributed by atoms with van der Waals surface area (Å²) >= 11 is 0. The predicted octanol–water partition coefficient (Wildman–Crippen LogP) is 3.78. The van der Waals surface area contributed by atoms with Crippen molar-refractivity contribution in [3.8, 4) is 11.5 Å². The van der Waals surface area contributed by atoms with E-state index in [9.17, 15) is 13.2 Å². The Hall–Kier alpha value is -2.74. The zero-order valence-electron chi connectivity index (χ0n) is 19.2. The molecule has 0 saturated carbocycles. The topological polar surface area (TPSA) is 84.9 Å². The lowest BCUT2D eigenvalue weighted by atomic mass is 10.1. The van der Waals surface area contributed by atoms with E-state index in [4.69, 9.17) is 9.47 Å². The highest BCUT2D eigenvalue weighted by Crippen LogP contribution is 2.20. The number of unbranched alkanes of at least 4 members (excludes halogenated alkanes) is 1. The molecule has 0 aromatic heterocycles. The second-order valence-electron chi connectivity index (χ2n) is 7.59. The van der Waals surface area contributed by atoms with Gasteiger partial charge in [-0.1, -0.05) is 31.5 Å². The van der Waals surface area contributed by atoms with E-state index in [1.165, 1.54) is 16.1 Å². The molecule has 2 aromatic rings. The van der Waals surface area contributed by atoms with Crippen molar-refractivity contribution >= 4 is 21.6 Å². The molecule has 0 aliphatic carbocycles. The molecule has 0 unspecified atom stereocenters. The molecule has 0 radical (unpaired) electrons. The first kappa shape index (κ1) is 25.5. The van der Waals surface area contributed by atoms with E-state index in [2.05, 4.69) is 12.2 Å². The smallest absolute Gasteiger partial charge is 0.232 e. The Balaban J connectivity index is 1.76. The quantitative estimate of drug-likeness (QED) is 0.432. The lowest BCUT2D eigenvalue weighted by Gasteiger charge is -2.22. The number of aryl methyl sites for hydroxylation is 1. The zero-order chi connectivity index (χ0) is 23.4. The lowest BCUT2D eigenvalue weighted by Crippen LogP contribution is -2.32. The van der Waals surface area contributed by atoms with Gasteiger partial charge in [-0.15, -0.1) is 0 Å². The van der Waals surface area contributed by atoms with Crippen molar-refractivity contribution < 1.29 is 22.7 Å². The molecular formula is C24H34N2O5S. The van der Waals surface area contributed by atoms with E-state index in [-0.39, 0.29) is 18.9 Å². The van der Waals surface area contributed by atoms with Gasteiger partial charge in [0.25, 0.3) is 0 Å². The van der Waals surface area contributed by atoms with Crippen LogP contribution in [0.4, 0.5) is 5.69 Å². The molecule has 7 nitrogen and oxygen atoms in total. The molecule has 2 aromatic carbocycles. The number of ether oxygens (including phenoxy) is 2. The van der Waals surface area contributed by atoms with E-state index in [1.807, 2.05) is 42.5 Å². The number of sulfonamides is 1. The third-order valence-corrected chi connectivity index (χ3v) is 6.14. The predicted molar refractivity (Wildman–Crippen MR) is 128 cm³/mol. The first-order valence-corrected chi connectivity index (χ1v) is 12.8. The average molecular weight is 463 g/mol. The first-order chi connectivity index (χ1) is 15.3. The molecule has 1 amide bonds. The maximum Gasteiger partial charge on any atom is 0.232 e. The summed E-state index contributed by atoms with van der Waals surface area (Å²) in [5.41, 5.74) is 1.82. The fraction of sp³-hybridized carbons (Fsp3) is 0.458. The van der Waals surface area contributed by atoms with Crippen LogP contribution >= 0.6 is 0 Å². The summed E-state index contributed by atoms with van der Waals surface area (Å²) in [6, 6.07) is 14.9. The van der Waals surface area contributed by atoms with E-state index < -0.39 is 10.0 Å². The largest absolute Gasteiger partial charge is 0.497 e. The van der Waals surface area contributed by atoms with Crippen LogP contribution in [0.25, 0.3) is 0 Å². The summed E-state index contributed by atoms with van der Waals surface area (Å²) in [7, 11) is -1.84. The Bertz CT molecular complexity index is 945. The summed E-state index contributed by atoms with van der Waals surface area (Å²) in [6.45, 7) is 3.09. The van der Waals surface area contributed by atoms with Crippen molar-refractivity contribution in [1.29, 1.82) is 0 Å². The van der Waals surface area contributed by atoms with Crippen LogP contribution in [0.3, 0.4) is 0 Å². The number of carbonyl (C=O) groups excluding carboxylic acids is 1. The average Bonchev–Trinajstić information content (AvgIpc) is 2.78. The van der Waals surface area contributed by atoms with Gasteiger partial charge >= 0.3 is 0 Å². The number of carbonyl (C=O) groups is 1. The molecular weight excluding hydrogens is 428 g/mol. The summed E-state index contributed by atoms with van der Waals surface area (Å²) in [5.74, 6) is 1.24. The number of nitrogens with one attached hydrogen (secondary N) is 1. The highest BCUT2D eigenvalue weighted by atomic mass is 32.2. The minimum Gasteiger partial charge on any atom is -0.497 e. The highest BCUT2D eigenvalue weighted by Gasteiger charge is 2.17. The van der Waals surface area contributed by atoms with Gasteiger partial charge in [-0.3, -0.25) is 9.10 Å². The molecule has 0 aliphatic heterocycles. The van der Waals surface area contributed by atoms with Gasteiger partial charge in [0.05, 0.1) is 25.6 Å². The lowest BCUT2D eigenvalue weighted by molar-refractivity contribution is -0.121. The van der Waals surface area contributed by atoms with Gasteiger partial charge in [0, 0.05) is 19.0 Å². The summed E-state index contributed by atoms with van der Waals surface area (Å²) in [4.78, 5) is 12.1. The van der Waals surface area contributed by atoms with Crippen LogP contribution in [0, 0.1) is 0 Å². The summed E-state index contributed by atoms with van der Waals surface area (Å²) in [6.07, 6.45) is 5.06. The van der Waals surface area contributed by atoms with Crippen molar-refractivity contribution in [1.82, 2.24) is 5.32 Å². The number of rotatable bonds is 14. The minimum absolute atomic E-state index is 0.136. The second-order valence-corrected chi connectivity index (χ2v) is 9.49. The number of anilines is 1. The van der Waals surface area contributed by atoms with Crippen LogP contribution in [-0.2, 0) is 21.2 Å². The van der Waals surface area contributed by atoms with Crippen LogP contribution in [0.5, 0.6) is 11.5 Å². The van der Waals surface area contributed by atoms with Gasteiger partial charge in [0.15, 0.2) is 0 Å². The van der Waals surface area contributed by atoms with Crippen molar-refractivity contribution in [3.63, 3.8) is 0 Å². The van der Waals surface area contributed by atoms with Crippen LogP contribution in [0.1, 0.15) is 38.2 Å². The number of methoxy groups -OCH3 is 1. The molecule has 2 rings (SSSR count). The molecule has 0 spiro atoms. The fourth-order valence-corrected chi connectivity index (χ4v) is 4.18. The number of hydrogen-bond acceptors (Lipinski definition) is 5. The van der Waals surface area contributed by atoms with E-state index in [1.54, 1.807) is 13.2 Å². The zero-order valence-corrected chi connectivity index (χ0v) is 20.0. The van der Waals surface area contributed by atoms with Gasteiger partial charge < -0.3 is 14.8 Å². The second kappa shape index (κ2) is 13.0. The Labute approximate surface area is 191 Å². The molecule has 0 aliphatic rings. The van der Waals surface area contributed by atoms with Crippen LogP contribution in [0.15, 0.2) is 48.5 Å². The molecule has 0 saturated heterocycles. The Morgan fingerprint density at radius 2 is 1.78 bits per heavy atom. The Morgan fingerprint density at radius 1 is 1.06 bits per heavy atom. The van der Waals surface area contributed by atoms with E-state index in [0.29, 0.717) is 36.8 Å². The van der Waals surface area contributed by atoms with E-state index >= 15 is 0 Å². The third kappa shape index (κ3) is 8.78. The summed E-state index contributed by atoms with van der Waals surface area (Å²) < 4.78 is 36.6. The molecule has 0 heterocycles. The van der Waals surface area contributed by atoms with Crippen molar-refractivity contribution in [3.05, 3.63) is 54.1 Å². The number of nitrogens with zero attached hydrogens (tertiary/aromatic N) is 1. The van der Waals surface area contributed by atoms with Gasteiger partial charge in [-0.2, -0.15) is 0 Å². The van der Waals surface area contributed by atoms with Crippen LogP contribution < -0.4 is 19.1 Å². The number of amides is 1. The fourth-order valence-electron chi connectivity index (χ4n) is 3.22. The molecule has 0 bridgehead atoms. The van der Waals surface area contributed by atoms with Crippen LogP contribution in [-0.4, -0.2) is 47.4 Å². The van der Waals surface area contributed by atoms with E-state index in [0.717, 1.165) is 19.3 Å². The molecule has 32 heavy (non-hydrogen) atoms. The molecule has 1 N–H and O–H groups in total. The normalized spacial score (nSPS) is 11.1. The standard InChI is InChI=1S/C24H34N2O5S/c1-4-5-8-20-12-14-21(15-13-20)26(32(3,28)29)17-7-11-24(27)25-16-18-31-23-10-6-9-22(19-23)30-2/h6,9-10,12-15,19H,4-5,7-8,11,16-18H2,1-3H3,(H,25,27). The summed E-state index contributed by atoms with van der Waals surface area (Å²) in [5, 5.41) is 2.80. The van der Waals surface area contributed by atoms with Gasteiger partial charge in [-0.05, 0) is 49.1 Å². The Morgan fingerprint density at radius 3 is 2.44 bits per heavy atom. The Kier molecular flexibility index (Phi) is 10.3. The molecule has 8 heteroatoms. The van der Waals surface area contributed by atoms with Gasteiger partial charge in [0.1, 0.15) is 18.1 Å². The van der Waals surface area contributed by atoms with Gasteiger partial charge in [0.2, 0.25) is 15.9 Å². The monoisotopic (exact) mass is 462 g/mol. The van der Waals surface area contributed by atoms with Gasteiger partial charge in [-0.25, -0.2) is 8.42 Å². The maximum atomic E-state index is 12.3. The van der Waals surface area contributed by atoms with Crippen molar-refractivity contribution in [2.45, 2.75) is 39.0 Å².